The number of benzene rings is 10. The Morgan fingerprint density at radius 3 is 1.00 bits per heavy atom. The molecule has 4 nitrogen and oxygen atoms in total. The molecule has 0 atom stereocenters. The number of aromatic nitrogens is 2. The minimum atomic E-state index is -4.84. The molecule has 0 aliphatic rings. The third-order valence-corrected chi connectivity index (χ3v) is 14.5. The number of halogens is 3. The number of fused-ring (bicyclic) bond motifs is 6. The lowest BCUT2D eigenvalue weighted by molar-refractivity contribution is -0.137. The van der Waals surface area contributed by atoms with E-state index in [-0.39, 0.29) is 22.3 Å². The second-order valence-electron chi connectivity index (χ2n) is 19.4. The SMILES string of the molecule is Cc1ccc(-c2ccc3c(c2)c2cc(-c4ccc(C)cc4)ccc2n3-c2cc(-c3ccc(C#N)cc3C(F)(F)F)c(-n3c4ccc(-c5ccc(C)cc5)cc4c4cc(-c5ccc(C)cc5)ccc43)cc2C#N)cc1. The lowest BCUT2D eigenvalue weighted by Gasteiger charge is -2.21. The summed E-state index contributed by atoms with van der Waals surface area (Å²) in [6.07, 6.45) is -4.84. The molecule has 0 aliphatic heterocycles. The van der Waals surface area contributed by atoms with Crippen LogP contribution in [0, 0.1) is 50.4 Å². The van der Waals surface area contributed by atoms with E-state index in [1.165, 1.54) is 12.1 Å². The van der Waals surface area contributed by atoms with Crippen molar-refractivity contribution < 1.29 is 13.2 Å². The third kappa shape index (κ3) is 7.87. The van der Waals surface area contributed by atoms with Crippen LogP contribution in [0.15, 0.2) is 200 Å². The summed E-state index contributed by atoms with van der Waals surface area (Å²) in [4.78, 5) is 0. The summed E-state index contributed by atoms with van der Waals surface area (Å²) in [7, 11) is 0. The Balaban J connectivity index is 1.18. The van der Waals surface area contributed by atoms with Crippen molar-refractivity contribution in [2.24, 2.45) is 0 Å². The molecule has 0 saturated heterocycles. The Labute approximate surface area is 426 Å². The van der Waals surface area contributed by atoms with E-state index in [0.717, 1.165) is 116 Å². The van der Waals surface area contributed by atoms with Crippen molar-refractivity contribution in [3.63, 3.8) is 0 Å². The van der Waals surface area contributed by atoms with E-state index in [1.807, 2.05) is 51.6 Å². The molecule has 0 saturated carbocycles. The second-order valence-corrected chi connectivity index (χ2v) is 19.4. The molecule has 0 bridgehead atoms. The minimum Gasteiger partial charge on any atom is -0.309 e. The Kier molecular flexibility index (Phi) is 10.9. The summed E-state index contributed by atoms with van der Waals surface area (Å²) >= 11 is 0. The van der Waals surface area contributed by atoms with Gasteiger partial charge in [0.2, 0.25) is 0 Å². The Morgan fingerprint density at radius 1 is 0.338 bits per heavy atom. The van der Waals surface area contributed by atoms with Gasteiger partial charge in [-0.2, -0.15) is 23.7 Å². The highest BCUT2D eigenvalue weighted by Crippen LogP contribution is 2.46. The van der Waals surface area contributed by atoms with Crippen molar-refractivity contribution in [2.45, 2.75) is 33.9 Å². The van der Waals surface area contributed by atoms with Crippen LogP contribution < -0.4 is 0 Å². The van der Waals surface area contributed by atoms with E-state index < -0.39 is 11.7 Å². The van der Waals surface area contributed by atoms with Crippen LogP contribution in [0.25, 0.3) is 111 Å². The molecule has 7 heteroatoms. The van der Waals surface area contributed by atoms with Crippen LogP contribution >= 0.6 is 0 Å². The standard InChI is InChI=1S/C67H45F3N4/c1-40-5-14-45(15-6-40)49-22-27-61-55(32-49)56-33-50(46-16-7-41(2)8-17-46)23-28-62(56)73(61)65-37-59(54-26-13-44(38-71)31-60(54)67(68,69)70)66(36-53(65)39-72)74-63-29-24-51(47-18-9-42(3)10-19-47)34-57(63)58-35-52(25-30-64(58)74)48-20-11-43(4)12-21-48/h5-37H,1-4H3. The van der Waals surface area contributed by atoms with Gasteiger partial charge in [0.15, 0.2) is 0 Å². The third-order valence-electron chi connectivity index (χ3n) is 14.5. The monoisotopic (exact) mass is 962 g/mol. The van der Waals surface area contributed by atoms with E-state index in [4.69, 9.17) is 0 Å². The van der Waals surface area contributed by atoms with Gasteiger partial charge in [0.1, 0.15) is 6.07 Å². The quantitative estimate of drug-likeness (QED) is 0.160. The van der Waals surface area contributed by atoms with E-state index in [2.05, 4.69) is 167 Å². The fourth-order valence-electron chi connectivity index (χ4n) is 10.6. The number of rotatable bonds is 7. The van der Waals surface area contributed by atoms with Gasteiger partial charge in [-0.1, -0.05) is 150 Å². The lowest BCUT2D eigenvalue weighted by Crippen LogP contribution is -2.10. The number of hydrogen-bond donors (Lipinski definition) is 0. The molecule has 0 N–H and O–H groups in total. The summed E-state index contributed by atoms with van der Waals surface area (Å²) in [5, 5.41) is 25.0. The molecular formula is C67H45F3N4. The zero-order valence-electron chi connectivity index (χ0n) is 41.0. The van der Waals surface area contributed by atoms with Crippen molar-refractivity contribution >= 4 is 43.6 Å². The first-order chi connectivity index (χ1) is 35.8. The fraction of sp³-hybridized carbons (Fsp3) is 0.0746. The molecule has 0 spiro atoms. The first-order valence-corrected chi connectivity index (χ1v) is 24.5. The number of nitriles is 2. The summed E-state index contributed by atoms with van der Waals surface area (Å²) in [5.74, 6) is 0. The molecule has 0 fully saturated rings. The minimum absolute atomic E-state index is 0.114. The van der Waals surface area contributed by atoms with Crippen molar-refractivity contribution in [1.82, 2.24) is 9.13 Å². The van der Waals surface area contributed by atoms with Gasteiger partial charge in [-0.05, 0) is 151 Å². The summed E-state index contributed by atoms with van der Waals surface area (Å²) in [5.41, 5.74) is 15.9. The summed E-state index contributed by atoms with van der Waals surface area (Å²) in [6, 6.07) is 70.0. The highest BCUT2D eigenvalue weighted by Gasteiger charge is 2.35. The number of hydrogen-bond acceptors (Lipinski definition) is 2. The highest BCUT2D eigenvalue weighted by atomic mass is 19.4. The van der Waals surface area contributed by atoms with Crippen molar-refractivity contribution in [3.8, 4) is 79.1 Å². The van der Waals surface area contributed by atoms with Gasteiger partial charge in [0.05, 0.1) is 56.2 Å². The van der Waals surface area contributed by atoms with Gasteiger partial charge < -0.3 is 9.13 Å². The van der Waals surface area contributed by atoms with Crippen LogP contribution in [-0.4, -0.2) is 9.13 Å². The molecule has 74 heavy (non-hydrogen) atoms. The van der Waals surface area contributed by atoms with Gasteiger partial charge >= 0.3 is 6.18 Å². The largest absolute Gasteiger partial charge is 0.417 e. The van der Waals surface area contributed by atoms with Crippen LogP contribution in [0.1, 0.15) is 38.9 Å². The fourth-order valence-corrected chi connectivity index (χ4v) is 10.6. The molecule has 2 aromatic heterocycles. The maximum Gasteiger partial charge on any atom is 0.417 e. The predicted molar refractivity (Wildman–Crippen MR) is 296 cm³/mol. The Hall–Kier alpha value is -9.43. The first-order valence-electron chi connectivity index (χ1n) is 24.5. The van der Waals surface area contributed by atoms with E-state index in [1.54, 1.807) is 12.1 Å². The molecule has 10 aromatic carbocycles. The summed E-state index contributed by atoms with van der Waals surface area (Å²) < 4.78 is 51.0. The average Bonchev–Trinajstić information content (AvgIpc) is 3.93. The number of alkyl halides is 3. The van der Waals surface area contributed by atoms with Gasteiger partial charge in [-0.25, -0.2) is 0 Å². The van der Waals surface area contributed by atoms with E-state index in [0.29, 0.717) is 11.4 Å². The normalized spacial score (nSPS) is 11.7. The molecule has 12 aromatic rings. The predicted octanol–water partition coefficient (Wildman–Crippen LogP) is 18.2. The van der Waals surface area contributed by atoms with Crippen LogP contribution in [0.5, 0.6) is 0 Å². The molecule has 0 amide bonds. The van der Waals surface area contributed by atoms with Gasteiger partial charge in [-0.15, -0.1) is 0 Å². The summed E-state index contributed by atoms with van der Waals surface area (Å²) in [6.45, 7) is 8.22. The Bertz CT molecular complexity index is 4110. The zero-order chi connectivity index (χ0) is 51.0. The zero-order valence-corrected chi connectivity index (χ0v) is 41.0. The van der Waals surface area contributed by atoms with Crippen LogP contribution in [-0.2, 0) is 6.18 Å². The molecule has 0 unspecified atom stereocenters. The van der Waals surface area contributed by atoms with E-state index >= 15 is 13.2 Å². The van der Waals surface area contributed by atoms with Crippen molar-refractivity contribution in [2.75, 3.05) is 0 Å². The molecule has 0 aliphatic carbocycles. The average molecular weight is 963 g/mol. The lowest BCUT2D eigenvalue weighted by atomic mass is 9.93. The second kappa shape index (κ2) is 17.7. The molecular weight excluding hydrogens is 918 g/mol. The first kappa shape index (κ1) is 45.7. The van der Waals surface area contributed by atoms with E-state index in [9.17, 15) is 10.5 Å². The Morgan fingerprint density at radius 2 is 0.676 bits per heavy atom. The van der Waals surface area contributed by atoms with Crippen LogP contribution in [0.4, 0.5) is 13.2 Å². The molecule has 354 valence electrons. The smallest absolute Gasteiger partial charge is 0.309 e. The highest BCUT2D eigenvalue weighted by molar-refractivity contribution is 6.14. The number of aryl methyl sites for hydroxylation is 4. The molecule has 0 radical (unpaired) electrons. The molecule has 2 heterocycles. The van der Waals surface area contributed by atoms with Gasteiger partial charge in [-0.3, -0.25) is 0 Å². The van der Waals surface area contributed by atoms with Gasteiger partial charge in [0, 0.05) is 27.1 Å². The van der Waals surface area contributed by atoms with Crippen LogP contribution in [0.3, 0.4) is 0 Å². The van der Waals surface area contributed by atoms with Crippen LogP contribution in [0.2, 0.25) is 0 Å². The maximum atomic E-state index is 15.7. The number of nitrogens with zero attached hydrogens (tertiary/aromatic N) is 4. The van der Waals surface area contributed by atoms with Gasteiger partial charge in [0.25, 0.3) is 0 Å². The van der Waals surface area contributed by atoms with Crippen molar-refractivity contribution in [1.29, 1.82) is 10.5 Å². The topological polar surface area (TPSA) is 57.4 Å². The molecule has 12 rings (SSSR count). The maximum absolute atomic E-state index is 15.7. The van der Waals surface area contributed by atoms with Crippen molar-refractivity contribution in [3.05, 3.63) is 239 Å².